The summed E-state index contributed by atoms with van der Waals surface area (Å²) in [7, 11) is 0. The van der Waals surface area contributed by atoms with E-state index in [2.05, 4.69) is 79.4 Å². The minimum Gasteiger partial charge on any atom is -0.445 e. The van der Waals surface area contributed by atoms with Crippen molar-refractivity contribution in [3.63, 3.8) is 0 Å². The Hall–Kier alpha value is -3.09. The van der Waals surface area contributed by atoms with Crippen LogP contribution < -0.4 is 5.73 Å². The first-order chi connectivity index (χ1) is 17.5. The van der Waals surface area contributed by atoms with Crippen molar-refractivity contribution in [3.8, 4) is 0 Å². The lowest BCUT2D eigenvalue weighted by Gasteiger charge is -2.37. The number of thioether (sulfide) groups is 1. The average Bonchev–Trinajstić information content (AvgIpc) is 3.33. The number of nitrogens with zero attached hydrogens (tertiary/aromatic N) is 1. The summed E-state index contributed by atoms with van der Waals surface area (Å²) in [5, 5.41) is 0.179. The van der Waals surface area contributed by atoms with Crippen molar-refractivity contribution in [2.75, 3.05) is 13.2 Å². The maximum atomic E-state index is 13.0. The van der Waals surface area contributed by atoms with Crippen LogP contribution in [0.4, 0.5) is 4.79 Å². The fourth-order valence-corrected chi connectivity index (χ4v) is 6.94. The normalized spacial score (nSPS) is 17.5. The molecule has 0 radical (unpaired) electrons. The third-order valence-electron chi connectivity index (χ3n) is 6.54. The molecular weight excluding hydrogens is 484 g/mol. The summed E-state index contributed by atoms with van der Waals surface area (Å²) in [5.74, 6) is 0. The molecule has 0 aliphatic carbocycles. The summed E-state index contributed by atoms with van der Waals surface area (Å²) in [5.41, 5.74) is 9.44. The topological polar surface area (TPSA) is 55.6 Å². The average molecular weight is 517 g/mol. The molecule has 0 unspecified atom stereocenters. The van der Waals surface area contributed by atoms with E-state index >= 15 is 0 Å². The zero-order valence-electron chi connectivity index (χ0n) is 20.3. The van der Waals surface area contributed by atoms with E-state index in [0.29, 0.717) is 18.0 Å². The first-order valence-electron chi connectivity index (χ1n) is 12.2. The Morgan fingerprint density at radius 1 is 1.00 bits per heavy atom. The summed E-state index contributed by atoms with van der Waals surface area (Å²) < 4.78 is 5.00. The molecule has 1 heterocycles. The van der Waals surface area contributed by atoms with E-state index in [0.717, 1.165) is 12.8 Å². The number of amides is 1. The Kier molecular flexibility index (Phi) is 8.83. The van der Waals surface area contributed by atoms with Gasteiger partial charge in [0, 0.05) is 17.8 Å². The monoisotopic (exact) mass is 516 g/mol. The number of hydrogen-bond acceptors (Lipinski definition) is 4. The molecule has 0 bridgehead atoms. The predicted molar refractivity (Wildman–Crippen MR) is 153 cm³/mol. The van der Waals surface area contributed by atoms with Gasteiger partial charge < -0.3 is 15.4 Å². The first kappa shape index (κ1) is 26.0. The first-order valence-corrected chi connectivity index (χ1v) is 13.5. The molecule has 2 atom stereocenters. The highest BCUT2D eigenvalue weighted by atomic mass is 32.2. The third-order valence-corrected chi connectivity index (χ3v) is 8.48. The maximum absolute atomic E-state index is 13.0. The van der Waals surface area contributed by atoms with E-state index in [1.807, 2.05) is 34.9 Å². The molecule has 1 saturated heterocycles. The molecule has 6 heteroatoms. The Balaban J connectivity index is 1.75. The van der Waals surface area contributed by atoms with E-state index in [9.17, 15) is 4.79 Å². The van der Waals surface area contributed by atoms with Crippen LogP contribution in [0.3, 0.4) is 0 Å². The number of nitrogens with two attached hydrogens (primary N) is 1. The van der Waals surface area contributed by atoms with Crippen molar-refractivity contribution in [1.29, 1.82) is 0 Å². The lowest BCUT2D eigenvalue weighted by atomic mass is 9.84. The van der Waals surface area contributed by atoms with Gasteiger partial charge in [-0.25, -0.2) is 4.79 Å². The number of hydrogen-bond donors (Lipinski definition) is 1. The summed E-state index contributed by atoms with van der Waals surface area (Å²) in [6, 6.07) is 31.9. The number of rotatable bonds is 10. The molecule has 1 amide bonds. The van der Waals surface area contributed by atoms with E-state index in [1.165, 1.54) is 16.7 Å². The van der Waals surface area contributed by atoms with Crippen LogP contribution in [0, 0.1) is 0 Å². The second kappa shape index (κ2) is 12.2. The SMILES string of the molecule is C=CCOC(=O)N1C[C@@H](SC(c2ccccc2)(c2ccccc2)c2ccccc2)C[C@H]1CCC(N)=S. The van der Waals surface area contributed by atoms with Crippen LogP contribution in [-0.4, -0.2) is 40.4 Å². The molecule has 36 heavy (non-hydrogen) atoms. The Bertz CT molecular complexity index is 1060. The van der Waals surface area contributed by atoms with Crippen molar-refractivity contribution < 1.29 is 9.53 Å². The minimum absolute atomic E-state index is 0.0151. The van der Waals surface area contributed by atoms with Gasteiger partial charge in [-0.05, 0) is 36.0 Å². The van der Waals surface area contributed by atoms with Crippen LogP contribution >= 0.6 is 24.0 Å². The lowest BCUT2D eigenvalue weighted by molar-refractivity contribution is 0.107. The zero-order chi connectivity index (χ0) is 25.4. The molecule has 1 aliphatic rings. The van der Waals surface area contributed by atoms with Gasteiger partial charge >= 0.3 is 6.09 Å². The number of ether oxygens (including phenoxy) is 1. The van der Waals surface area contributed by atoms with E-state index in [1.54, 1.807) is 6.08 Å². The largest absolute Gasteiger partial charge is 0.445 e. The highest BCUT2D eigenvalue weighted by Gasteiger charge is 2.44. The number of likely N-dealkylation sites (tertiary alicyclic amines) is 1. The van der Waals surface area contributed by atoms with Crippen LogP contribution in [0.5, 0.6) is 0 Å². The number of carbonyl (C=O) groups excluding carboxylic acids is 1. The van der Waals surface area contributed by atoms with Gasteiger partial charge in [-0.1, -0.05) is 116 Å². The number of thiocarbonyl (C=S) groups is 1. The number of benzene rings is 3. The predicted octanol–water partition coefficient (Wildman–Crippen LogP) is 6.54. The molecule has 4 nitrogen and oxygen atoms in total. The third kappa shape index (κ3) is 5.82. The van der Waals surface area contributed by atoms with Gasteiger partial charge in [-0.15, -0.1) is 11.8 Å². The summed E-state index contributed by atoms with van der Waals surface area (Å²) >= 11 is 7.05. The van der Waals surface area contributed by atoms with Crippen molar-refractivity contribution in [2.45, 2.75) is 35.3 Å². The van der Waals surface area contributed by atoms with E-state index in [4.69, 9.17) is 22.7 Å². The standard InChI is InChI=1S/C30H32N2O2S2/c1-2-20-34-29(33)32-22-27(21-26(32)18-19-28(31)35)36-30(23-12-6-3-7-13-23,24-14-8-4-9-15-24)25-16-10-5-11-17-25/h2-17,26-27H,1,18-22H2,(H2,31,35)/t26-,27+/m1/s1. The second-order valence-electron chi connectivity index (χ2n) is 8.93. The van der Waals surface area contributed by atoms with Gasteiger partial charge in [0.25, 0.3) is 0 Å². The molecule has 1 fully saturated rings. The second-order valence-corrected chi connectivity index (χ2v) is 11.0. The molecule has 3 aromatic carbocycles. The van der Waals surface area contributed by atoms with Crippen molar-refractivity contribution in [3.05, 3.63) is 120 Å². The highest BCUT2D eigenvalue weighted by molar-refractivity contribution is 8.01. The quantitative estimate of drug-likeness (QED) is 0.188. The Morgan fingerprint density at radius 3 is 1.94 bits per heavy atom. The summed E-state index contributed by atoms with van der Waals surface area (Å²) in [6.07, 6.45) is 3.45. The highest BCUT2D eigenvalue weighted by Crippen LogP contribution is 2.52. The van der Waals surface area contributed by atoms with Crippen LogP contribution in [0.1, 0.15) is 36.0 Å². The van der Waals surface area contributed by atoms with Crippen LogP contribution in [0.2, 0.25) is 0 Å². The molecule has 4 rings (SSSR count). The minimum atomic E-state index is -0.441. The summed E-state index contributed by atoms with van der Waals surface area (Å²) in [6.45, 7) is 4.45. The number of carbonyl (C=O) groups is 1. The Morgan fingerprint density at radius 2 is 1.50 bits per heavy atom. The van der Waals surface area contributed by atoms with Crippen LogP contribution in [0.15, 0.2) is 104 Å². The van der Waals surface area contributed by atoms with Crippen LogP contribution in [0.25, 0.3) is 0 Å². The Labute approximate surface area is 223 Å². The van der Waals surface area contributed by atoms with E-state index < -0.39 is 4.75 Å². The van der Waals surface area contributed by atoms with Gasteiger partial charge in [0.05, 0.1) is 9.74 Å². The fraction of sp³-hybridized carbons (Fsp3) is 0.267. The van der Waals surface area contributed by atoms with Crippen LogP contribution in [-0.2, 0) is 9.48 Å². The molecule has 1 aliphatic heterocycles. The molecule has 0 saturated carbocycles. The molecular formula is C30H32N2O2S2. The van der Waals surface area contributed by atoms with Gasteiger partial charge in [-0.2, -0.15) is 0 Å². The smallest absolute Gasteiger partial charge is 0.410 e. The zero-order valence-corrected chi connectivity index (χ0v) is 21.9. The lowest BCUT2D eigenvalue weighted by Crippen LogP contribution is -2.37. The molecule has 0 spiro atoms. The van der Waals surface area contributed by atoms with E-state index in [-0.39, 0.29) is 24.0 Å². The molecule has 2 N–H and O–H groups in total. The van der Waals surface area contributed by atoms with Gasteiger partial charge in [-0.3, -0.25) is 0 Å². The fourth-order valence-electron chi connectivity index (χ4n) is 4.95. The molecule has 0 aromatic heterocycles. The van der Waals surface area contributed by atoms with Crippen molar-refractivity contribution in [1.82, 2.24) is 4.90 Å². The van der Waals surface area contributed by atoms with Crippen molar-refractivity contribution in [2.24, 2.45) is 5.73 Å². The molecule has 3 aromatic rings. The van der Waals surface area contributed by atoms with Gasteiger partial charge in [0.2, 0.25) is 0 Å². The summed E-state index contributed by atoms with van der Waals surface area (Å²) in [4.78, 5) is 15.3. The van der Waals surface area contributed by atoms with Gasteiger partial charge in [0.1, 0.15) is 6.61 Å². The molecule has 186 valence electrons. The van der Waals surface area contributed by atoms with Crippen molar-refractivity contribution >= 4 is 35.1 Å². The van der Waals surface area contributed by atoms with Gasteiger partial charge in [0.15, 0.2) is 0 Å². The maximum Gasteiger partial charge on any atom is 0.410 e.